The van der Waals surface area contributed by atoms with Gasteiger partial charge in [-0.05, 0) is 53.2 Å². The van der Waals surface area contributed by atoms with Crippen LogP contribution >= 0.6 is 34.7 Å². The minimum absolute atomic E-state index is 0.128. The summed E-state index contributed by atoms with van der Waals surface area (Å²) in [5.41, 5.74) is 1.81. The molecule has 4 rings (SSSR count). The third kappa shape index (κ3) is 5.65. The van der Waals surface area contributed by atoms with Crippen molar-refractivity contribution in [3.05, 3.63) is 87.8 Å². The largest absolute Gasteiger partial charge is 0.493 e. The number of amidine groups is 1. The van der Waals surface area contributed by atoms with Crippen molar-refractivity contribution in [1.29, 1.82) is 0 Å². The zero-order valence-corrected chi connectivity index (χ0v) is 20.1. The number of hydrogen-bond acceptors (Lipinski definition) is 7. The minimum Gasteiger partial charge on any atom is -0.493 e. The van der Waals surface area contributed by atoms with E-state index in [4.69, 9.17) is 21.1 Å². The van der Waals surface area contributed by atoms with Crippen LogP contribution in [0.3, 0.4) is 0 Å². The number of halogens is 1. The first-order valence-corrected chi connectivity index (χ1v) is 12.0. The van der Waals surface area contributed by atoms with E-state index in [1.807, 2.05) is 53.9 Å². The maximum Gasteiger partial charge on any atom is 0.267 e. The molecule has 168 valence electrons. The van der Waals surface area contributed by atoms with Crippen LogP contribution in [0.1, 0.15) is 11.1 Å². The highest BCUT2D eigenvalue weighted by Crippen LogP contribution is 2.36. The molecule has 0 aliphatic carbocycles. The summed E-state index contributed by atoms with van der Waals surface area (Å²) in [4.78, 5) is 23.8. The second-order valence-electron chi connectivity index (χ2n) is 6.85. The predicted molar refractivity (Wildman–Crippen MR) is 135 cm³/mol. The molecule has 1 amide bonds. The number of benzene rings is 2. The summed E-state index contributed by atoms with van der Waals surface area (Å²) in [5, 5.41) is 3.71. The van der Waals surface area contributed by atoms with E-state index in [1.165, 1.54) is 23.1 Å². The molecule has 9 heteroatoms. The second-order valence-corrected chi connectivity index (χ2v) is 9.17. The highest BCUT2D eigenvalue weighted by Gasteiger charge is 2.32. The van der Waals surface area contributed by atoms with Crippen LogP contribution in [0.4, 0.5) is 5.13 Å². The molecule has 2 heterocycles. The summed E-state index contributed by atoms with van der Waals surface area (Å²) in [7, 11) is 1.58. The van der Waals surface area contributed by atoms with Gasteiger partial charge in [-0.3, -0.25) is 9.69 Å². The van der Waals surface area contributed by atoms with E-state index in [1.54, 1.807) is 24.3 Å². The van der Waals surface area contributed by atoms with Gasteiger partial charge < -0.3 is 9.47 Å². The number of carbonyl (C=O) groups excluding carboxylic acids is 1. The maximum absolute atomic E-state index is 13.0. The number of nitrogens with zero attached hydrogens (tertiary/aromatic N) is 3. The topological polar surface area (TPSA) is 64.0 Å². The lowest BCUT2D eigenvalue weighted by Gasteiger charge is -2.12. The first-order valence-electron chi connectivity index (χ1n) is 9.93. The van der Waals surface area contributed by atoms with Gasteiger partial charge >= 0.3 is 0 Å². The summed E-state index contributed by atoms with van der Waals surface area (Å²) in [5.74, 6) is 1.06. The fraction of sp³-hybridized carbons (Fsp3) is 0.125. The number of aromatic nitrogens is 1. The molecule has 0 N–H and O–H groups in total. The van der Waals surface area contributed by atoms with E-state index in [-0.39, 0.29) is 5.91 Å². The number of methoxy groups -OCH3 is 1. The Morgan fingerprint density at radius 2 is 2.03 bits per heavy atom. The summed E-state index contributed by atoms with van der Waals surface area (Å²) < 4.78 is 11.4. The van der Waals surface area contributed by atoms with Crippen molar-refractivity contribution in [3.63, 3.8) is 0 Å². The van der Waals surface area contributed by atoms with Crippen molar-refractivity contribution in [2.24, 2.45) is 4.99 Å². The average Bonchev–Trinajstić information content (AvgIpc) is 3.43. The van der Waals surface area contributed by atoms with Crippen LogP contribution in [0.15, 0.2) is 76.6 Å². The molecule has 0 spiro atoms. The number of thioether (sulfide) groups is 1. The van der Waals surface area contributed by atoms with Gasteiger partial charge in [-0.15, -0.1) is 17.9 Å². The highest BCUT2D eigenvalue weighted by molar-refractivity contribution is 8.18. The van der Waals surface area contributed by atoms with Gasteiger partial charge in [0.25, 0.3) is 5.91 Å². The molecule has 1 fully saturated rings. The van der Waals surface area contributed by atoms with Crippen LogP contribution < -0.4 is 9.47 Å². The number of hydrogen-bond donors (Lipinski definition) is 0. The van der Waals surface area contributed by atoms with Crippen molar-refractivity contribution in [1.82, 2.24) is 9.88 Å². The van der Waals surface area contributed by atoms with Crippen LogP contribution in [-0.2, 0) is 11.4 Å². The second kappa shape index (κ2) is 10.7. The fourth-order valence-electron chi connectivity index (χ4n) is 3.02. The van der Waals surface area contributed by atoms with Crippen molar-refractivity contribution in [3.8, 4) is 11.5 Å². The molecule has 0 saturated carbocycles. The van der Waals surface area contributed by atoms with E-state index in [0.717, 1.165) is 11.1 Å². The number of thiazole rings is 1. The third-order valence-electron chi connectivity index (χ3n) is 4.60. The van der Waals surface area contributed by atoms with Gasteiger partial charge in [0, 0.05) is 23.1 Å². The molecule has 1 aliphatic rings. The molecule has 0 bridgehead atoms. The summed E-state index contributed by atoms with van der Waals surface area (Å²) >= 11 is 8.66. The van der Waals surface area contributed by atoms with Gasteiger partial charge in [-0.2, -0.15) is 4.99 Å². The first kappa shape index (κ1) is 23.1. The summed E-state index contributed by atoms with van der Waals surface area (Å²) in [6.07, 6.45) is 5.18. The summed E-state index contributed by atoms with van der Waals surface area (Å²) in [6.45, 7) is 4.50. The number of carbonyl (C=O) groups is 1. The molecule has 0 atom stereocenters. The van der Waals surface area contributed by atoms with Gasteiger partial charge in [0.1, 0.15) is 6.61 Å². The molecule has 0 radical (unpaired) electrons. The molecule has 6 nitrogen and oxygen atoms in total. The average molecular weight is 498 g/mol. The number of aliphatic imine (C=N–C) groups is 1. The first-order chi connectivity index (χ1) is 16.1. The zero-order valence-electron chi connectivity index (χ0n) is 17.7. The molecular formula is C24H20ClN3O3S2. The molecule has 3 aromatic rings. The Morgan fingerprint density at radius 3 is 2.73 bits per heavy atom. The minimum atomic E-state index is -0.128. The van der Waals surface area contributed by atoms with Gasteiger partial charge in [0.15, 0.2) is 16.7 Å². The molecule has 2 aromatic carbocycles. The van der Waals surface area contributed by atoms with Gasteiger partial charge in [0.2, 0.25) is 5.13 Å². The van der Waals surface area contributed by atoms with Crippen molar-refractivity contribution < 1.29 is 14.3 Å². The third-order valence-corrected chi connectivity index (χ3v) is 6.53. The smallest absolute Gasteiger partial charge is 0.267 e. The molecule has 0 unspecified atom stereocenters. The lowest BCUT2D eigenvalue weighted by atomic mass is 10.1. The summed E-state index contributed by atoms with van der Waals surface area (Å²) in [6, 6.07) is 13.0. The number of amides is 1. The normalized spacial score (nSPS) is 15.9. The fourth-order valence-corrected chi connectivity index (χ4v) is 4.70. The van der Waals surface area contributed by atoms with Crippen LogP contribution in [0, 0.1) is 0 Å². The SMILES string of the molecule is C=CCN1C(=O)/C(=C/c2ccc(OCc3ccc(Cl)cc3)c(OC)c2)S/C1=N/c1nccs1. The Bertz CT molecular complexity index is 1210. The van der Waals surface area contributed by atoms with Gasteiger partial charge in [-0.25, -0.2) is 4.98 Å². The number of ether oxygens (including phenoxy) is 2. The van der Waals surface area contributed by atoms with Crippen molar-refractivity contribution >= 4 is 57.0 Å². The van der Waals surface area contributed by atoms with Crippen LogP contribution in [0.25, 0.3) is 6.08 Å². The molecular weight excluding hydrogens is 478 g/mol. The quantitative estimate of drug-likeness (QED) is 0.275. The van der Waals surface area contributed by atoms with Crippen LogP contribution in [0.5, 0.6) is 11.5 Å². The van der Waals surface area contributed by atoms with Gasteiger partial charge in [-0.1, -0.05) is 35.9 Å². The molecule has 1 aromatic heterocycles. The monoisotopic (exact) mass is 497 g/mol. The van der Waals surface area contributed by atoms with E-state index >= 15 is 0 Å². The Kier molecular flexibility index (Phi) is 7.49. The highest BCUT2D eigenvalue weighted by atomic mass is 35.5. The van der Waals surface area contributed by atoms with E-state index in [9.17, 15) is 4.79 Å². The molecule has 1 aliphatic heterocycles. The van der Waals surface area contributed by atoms with E-state index in [2.05, 4.69) is 16.6 Å². The molecule has 33 heavy (non-hydrogen) atoms. The lowest BCUT2D eigenvalue weighted by Crippen LogP contribution is -2.29. The van der Waals surface area contributed by atoms with Gasteiger partial charge in [0.05, 0.1) is 12.0 Å². The van der Waals surface area contributed by atoms with Crippen LogP contribution in [-0.4, -0.2) is 34.6 Å². The lowest BCUT2D eigenvalue weighted by molar-refractivity contribution is -0.121. The Hall–Kier alpha value is -3.07. The van der Waals surface area contributed by atoms with Crippen LogP contribution in [0.2, 0.25) is 5.02 Å². The van der Waals surface area contributed by atoms with E-state index < -0.39 is 0 Å². The Balaban J connectivity index is 1.54. The van der Waals surface area contributed by atoms with E-state index in [0.29, 0.717) is 44.9 Å². The Morgan fingerprint density at radius 1 is 1.21 bits per heavy atom. The zero-order chi connectivity index (χ0) is 23.2. The predicted octanol–water partition coefficient (Wildman–Crippen LogP) is 6.17. The standard InChI is InChI=1S/C24H20ClN3O3S2/c1-3-11-28-22(29)21(33-24(28)27-23-26-10-12-32-23)14-17-6-9-19(20(13-17)30-2)31-15-16-4-7-18(25)8-5-16/h3-10,12-14H,1,11,15H2,2H3/b21-14-,27-24+. The maximum atomic E-state index is 13.0. The Labute approximate surface area is 205 Å². The van der Waals surface area contributed by atoms with Crippen molar-refractivity contribution in [2.45, 2.75) is 6.61 Å². The number of rotatable bonds is 8. The molecule has 1 saturated heterocycles. The van der Waals surface area contributed by atoms with Crippen molar-refractivity contribution in [2.75, 3.05) is 13.7 Å².